The molecule has 0 unspecified atom stereocenters. The van der Waals surface area contributed by atoms with Crippen LogP contribution < -0.4 is 5.73 Å². The lowest BCUT2D eigenvalue weighted by molar-refractivity contribution is -0.129. The first-order valence-electron chi connectivity index (χ1n) is 8.03. The normalized spacial score (nSPS) is 20.9. The van der Waals surface area contributed by atoms with Crippen LogP contribution in [0.2, 0.25) is 0 Å². The second-order valence-electron chi connectivity index (χ2n) is 6.11. The molecule has 1 aliphatic rings. The molecule has 2 atom stereocenters. The minimum absolute atomic E-state index is 0.112. The zero-order valence-electron chi connectivity index (χ0n) is 13.3. The van der Waals surface area contributed by atoms with Crippen LogP contribution >= 0.6 is 0 Å². The van der Waals surface area contributed by atoms with E-state index in [1.807, 2.05) is 29.2 Å². The lowest BCUT2D eigenvalue weighted by atomic mass is 9.99. The van der Waals surface area contributed by atoms with Crippen molar-refractivity contribution in [1.29, 1.82) is 0 Å². The van der Waals surface area contributed by atoms with Crippen LogP contribution in [-0.4, -0.2) is 50.1 Å². The highest BCUT2D eigenvalue weighted by Gasteiger charge is 2.31. The Balaban J connectivity index is 1.60. The zero-order chi connectivity index (χ0) is 16.2. The van der Waals surface area contributed by atoms with Crippen molar-refractivity contribution in [2.75, 3.05) is 13.1 Å². The van der Waals surface area contributed by atoms with Crippen molar-refractivity contribution in [1.82, 2.24) is 25.1 Å². The van der Waals surface area contributed by atoms with E-state index < -0.39 is 0 Å². The Bertz CT molecular complexity index is 639. The van der Waals surface area contributed by atoms with E-state index >= 15 is 0 Å². The van der Waals surface area contributed by atoms with Crippen molar-refractivity contribution in [2.45, 2.75) is 32.2 Å². The minimum Gasteiger partial charge on any atom is -0.341 e. The van der Waals surface area contributed by atoms with Gasteiger partial charge in [0.1, 0.15) is 6.33 Å². The summed E-state index contributed by atoms with van der Waals surface area (Å²) in [6.45, 7) is 3.62. The smallest absolute Gasteiger partial charge is 0.227 e. The number of hydrogen-bond acceptors (Lipinski definition) is 5. The Hall–Kier alpha value is -2.28. The fraction of sp³-hybridized carbons (Fsp3) is 0.500. The van der Waals surface area contributed by atoms with E-state index in [1.54, 1.807) is 11.0 Å². The van der Waals surface area contributed by atoms with Gasteiger partial charge >= 0.3 is 0 Å². The van der Waals surface area contributed by atoms with E-state index in [-0.39, 0.29) is 11.9 Å². The van der Waals surface area contributed by atoms with E-state index in [1.165, 1.54) is 0 Å². The van der Waals surface area contributed by atoms with Crippen molar-refractivity contribution < 1.29 is 4.79 Å². The topological polar surface area (TPSA) is 89.9 Å². The second-order valence-corrected chi connectivity index (χ2v) is 6.11. The summed E-state index contributed by atoms with van der Waals surface area (Å²) in [6, 6.07) is 7.81. The van der Waals surface area contributed by atoms with E-state index in [0.29, 0.717) is 18.9 Å². The van der Waals surface area contributed by atoms with Gasteiger partial charge in [-0.25, -0.2) is 4.68 Å². The second kappa shape index (κ2) is 6.87. The zero-order valence-corrected chi connectivity index (χ0v) is 13.3. The van der Waals surface area contributed by atoms with Gasteiger partial charge in [-0.05, 0) is 40.5 Å². The summed E-state index contributed by atoms with van der Waals surface area (Å²) in [5.74, 6) is 0.584. The Labute approximate surface area is 135 Å². The van der Waals surface area contributed by atoms with Crippen LogP contribution in [0.3, 0.4) is 0 Å². The lowest BCUT2D eigenvalue weighted by Gasteiger charge is -2.16. The standard InChI is InChI=1S/C16H22N6O/c1-2-3-13-9-21(10-15(13)17)16(23)8-12-4-6-14(7-5-12)22-11-18-19-20-22/h4-7,11,13,15H,2-3,8-10,17H2,1H3/t13-,15-/m0/s1. The monoisotopic (exact) mass is 314 g/mol. The van der Waals surface area contributed by atoms with Crippen LogP contribution in [0.5, 0.6) is 0 Å². The number of nitrogens with zero attached hydrogens (tertiary/aromatic N) is 5. The molecule has 122 valence electrons. The van der Waals surface area contributed by atoms with Crippen molar-refractivity contribution >= 4 is 5.91 Å². The molecule has 2 N–H and O–H groups in total. The van der Waals surface area contributed by atoms with Gasteiger partial charge in [-0.1, -0.05) is 25.5 Å². The maximum atomic E-state index is 12.5. The van der Waals surface area contributed by atoms with Crippen molar-refractivity contribution in [3.05, 3.63) is 36.2 Å². The molecule has 1 fully saturated rings. The summed E-state index contributed by atoms with van der Waals surface area (Å²) in [6.07, 6.45) is 4.14. The van der Waals surface area contributed by atoms with Crippen LogP contribution in [0.25, 0.3) is 5.69 Å². The van der Waals surface area contributed by atoms with Crippen LogP contribution in [0.1, 0.15) is 25.3 Å². The first-order valence-corrected chi connectivity index (χ1v) is 8.03. The van der Waals surface area contributed by atoms with Gasteiger partial charge in [0, 0.05) is 19.1 Å². The van der Waals surface area contributed by atoms with Gasteiger partial charge in [-0.3, -0.25) is 4.79 Å². The lowest BCUT2D eigenvalue weighted by Crippen LogP contribution is -2.33. The maximum Gasteiger partial charge on any atom is 0.227 e. The van der Waals surface area contributed by atoms with Gasteiger partial charge in [-0.2, -0.15) is 0 Å². The fourth-order valence-corrected chi connectivity index (χ4v) is 3.11. The molecule has 3 rings (SSSR count). The van der Waals surface area contributed by atoms with E-state index in [4.69, 9.17) is 5.73 Å². The third-order valence-corrected chi connectivity index (χ3v) is 4.41. The Morgan fingerprint density at radius 1 is 1.30 bits per heavy atom. The summed E-state index contributed by atoms with van der Waals surface area (Å²) in [7, 11) is 0. The van der Waals surface area contributed by atoms with Crippen molar-refractivity contribution in [3.63, 3.8) is 0 Å². The number of carbonyl (C=O) groups excluding carboxylic acids is 1. The Kier molecular flexibility index (Phi) is 4.66. The maximum absolute atomic E-state index is 12.5. The molecular formula is C16H22N6O. The molecule has 1 aliphatic heterocycles. The highest BCUT2D eigenvalue weighted by Crippen LogP contribution is 2.21. The molecule has 0 spiro atoms. The predicted octanol–water partition coefficient (Wildman–Crippen LogP) is 0.791. The fourth-order valence-electron chi connectivity index (χ4n) is 3.11. The number of tetrazole rings is 1. The summed E-state index contributed by atoms with van der Waals surface area (Å²) >= 11 is 0. The summed E-state index contributed by atoms with van der Waals surface area (Å²) in [5.41, 5.74) is 8.00. The third kappa shape index (κ3) is 3.56. The minimum atomic E-state index is 0.112. The molecule has 1 aromatic heterocycles. The summed E-state index contributed by atoms with van der Waals surface area (Å²) in [4.78, 5) is 14.4. The summed E-state index contributed by atoms with van der Waals surface area (Å²) < 4.78 is 1.58. The predicted molar refractivity (Wildman–Crippen MR) is 85.8 cm³/mol. The van der Waals surface area contributed by atoms with Gasteiger partial charge in [0.25, 0.3) is 0 Å². The van der Waals surface area contributed by atoms with Gasteiger partial charge in [0.15, 0.2) is 0 Å². The van der Waals surface area contributed by atoms with E-state index in [9.17, 15) is 4.79 Å². The van der Waals surface area contributed by atoms with Crippen LogP contribution in [0.4, 0.5) is 0 Å². The average molecular weight is 314 g/mol. The Morgan fingerprint density at radius 3 is 2.74 bits per heavy atom. The van der Waals surface area contributed by atoms with Crippen LogP contribution in [0.15, 0.2) is 30.6 Å². The van der Waals surface area contributed by atoms with Crippen molar-refractivity contribution in [3.8, 4) is 5.69 Å². The third-order valence-electron chi connectivity index (χ3n) is 4.41. The molecule has 7 heteroatoms. The Morgan fingerprint density at radius 2 is 2.09 bits per heavy atom. The highest BCUT2D eigenvalue weighted by molar-refractivity contribution is 5.79. The number of rotatable bonds is 5. The number of amides is 1. The number of benzene rings is 1. The van der Waals surface area contributed by atoms with E-state index in [2.05, 4.69) is 22.4 Å². The molecule has 1 aromatic carbocycles. The van der Waals surface area contributed by atoms with Crippen LogP contribution in [0, 0.1) is 5.92 Å². The number of hydrogen-bond donors (Lipinski definition) is 1. The average Bonchev–Trinajstić information content (AvgIpc) is 3.19. The largest absolute Gasteiger partial charge is 0.341 e. The molecule has 23 heavy (non-hydrogen) atoms. The van der Waals surface area contributed by atoms with Gasteiger partial charge in [0.2, 0.25) is 5.91 Å². The quantitative estimate of drug-likeness (QED) is 0.881. The number of carbonyl (C=O) groups is 1. The van der Waals surface area contributed by atoms with Gasteiger partial charge in [0.05, 0.1) is 12.1 Å². The molecular weight excluding hydrogens is 292 g/mol. The highest BCUT2D eigenvalue weighted by atomic mass is 16.2. The molecule has 0 aliphatic carbocycles. The van der Waals surface area contributed by atoms with Crippen molar-refractivity contribution in [2.24, 2.45) is 11.7 Å². The first-order chi connectivity index (χ1) is 11.2. The molecule has 0 radical (unpaired) electrons. The molecule has 7 nitrogen and oxygen atoms in total. The molecule has 2 heterocycles. The molecule has 0 saturated carbocycles. The number of aromatic nitrogens is 4. The van der Waals surface area contributed by atoms with Gasteiger partial charge < -0.3 is 10.6 Å². The molecule has 0 bridgehead atoms. The number of likely N-dealkylation sites (tertiary alicyclic amines) is 1. The SMILES string of the molecule is CCC[C@H]1CN(C(=O)Cc2ccc(-n3cnnn3)cc2)C[C@@H]1N. The van der Waals surface area contributed by atoms with Gasteiger partial charge in [-0.15, -0.1) is 5.10 Å². The molecule has 1 saturated heterocycles. The van der Waals surface area contributed by atoms with Crippen LogP contribution in [-0.2, 0) is 11.2 Å². The molecule has 2 aromatic rings. The summed E-state index contributed by atoms with van der Waals surface area (Å²) in [5, 5.41) is 11.1. The number of nitrogens with two attached hydrogens (primary N) is 1. The molecule has 1 amide bonds. The van der Waals surface area contributed by atoms with E-state index in [0.717, 1.165) is 30.6 Å². The first kappa shape index (κ1) is 15.6.